The van der Waals surface area contributed by atoms with Crippen molar-refractivity contribution in [3.05, 3.63) is 0 Å². The molecule has 1 saturated carbocycles. The predicted octanol–water partition coefficient (Wildman–Crippen LogP) is 1.34. The third-order valence-corrected chi connectivity index (χ3v) is 5.18. The average molecular weight is 262 g/mol. The van der Waals surface area contributed by atoms with Gasteiger partial charge in [-0.25, -0.2) is 13.1 Å². The Balaban J connectivity index is 2.37. The molecule has 1 aliphatic carbocycles. The van der Waals surface area contributed by atoms with Crippen LogP contribution in [0.25, 0.3) is 0 Å². The van der Waals surface area contributed by atoms with Crippen LogP contribution in [0.15, 0.2) is 0 Å². The molecule has 4 nitrogen and oxygen atoms in total. The van der Waals surface area contributed by atoms with Crippen molar-refractivity contribution in [2.24, 2.45) is 11.8 Å². The van der Waals surface area contributed by atoms with Crippen molar-refractivity contribution in [2.45, 2.75) is 46.1 Å². The molecule has 2 N–H and O–H groups in total. The van der Waals surface area contributed by atoms with Gasteiger partial charge in [-0.2, -0.15) is 0 Å². The van der Waals surface area contributed by atoms with Crippen LogP contribution in [0.2, 0.25) is 0 Å². The molecule has 1 rings (SSSR count). The lowest BCUT2D eigenvalue weighted by Gasteiger charge is -2.32. The Labute approximate surface area is 106 Å². The van der Waals surface area contributed by atoms with Crippen LogP contribution in [0.5, 0.6) is 0 Å². The first kappa shape index (κ1) is 14.9. The molecule has 0 heterocycles. The van der Waals surface area contributed by atoms with Crippen molar-refractivity contribution in [3.63, 3.8) is 0 Å². The first-order chi connectivity index (χ1) is 7.94. The minimum Gasteiger partial charge on any atom is -0.316 e. The fourth-order valence-electron chi connectivity index (χ4n) is 2.35. The summed E-state index contributed by atoms with van der Waals surface area (Å²) in [6, 6.07) is 0.146. The predicted molar refractivity (Wildman–Crippen MR) is 71.4 cm³/mol. The Kier molecular flexibility index (Phi) is 5.89. The summed E-state index contributed by atoms with van der Waals surface area (Å²) in [7, 11) is -3.11. The largest absolute Gasteiger partial charge is 0.316 e. The Bertz CT molecular complexity index is 316. The van der Waals surface area contributed by atoms with E-state index >= 15 is 0 Å². The van der Waals surface area contributed by atoms with Crippen molar-refractivity contribution in [3.8, 4) is 0 Å². The van der Waals surface area contributed by atoms with E-state index in [2.05, 4.69) is 23.9 Å². The fraction of sp³-hybridized carbons (Fsp3) is 1.00. The lowest BCUT2D eigenvalue weighted by Crippen LogP contribution is -2.42. The van der Waals surface area contributed by atoms with E-state index < -0.39 is 10.0 Å². The molecule has 0 amide bonds. The van der Waals surface area contributed by atoms with Crippen molar-refractivity contribution in [2.75, 3.05) is 18.8 Å². The molecule has 0 spiro atoms. The van der Waals surface area contributed by atoms with Gasteiger partial charge in [0, 0.05) is 12.6 Å². The van der Waals surface area contributed by atoms with Gasteiger partial charge in [0.1, 0.15) is 0 Å². The standard InChI is InChI=1S/C12H26N2O2S/c1-4-13-7-8-17(15,16)14-12-6-5-10(2)11(3)9-12/h10-14H,4-9H2,1-3H3. The minimum absolute atomic E-state index is 0.146. The van der Waals surface area contributed by atoms with Gasteiger partial charge in [0.15, 0.2) is 0 Å². The number of nitrogens with one attached hydrogen (secondary N) is 2. The van der Waals surface area contributed by atoms with E-state index in [4.69, 9.17) is 0 Å². The van der Waals surface area contributed by atoms with Crippen LogP contribution in [-0.2, 0) is 10.0 Å². The molecule has 0 saturated heterocycles. The molecular formula is C12H26N2O2S. The number of sulfonamides is 1. The Morgan fingerprint density at radius 2 is 1.88 bits per heavy atom. The second kappa shape index (κ2) is 6.71. The quantitative estimate of drug-likeness (QED) is 0.710. The van der Waals surface area contributed by atoms with Gasteiger partial charge in [0.2, 0.25) is 10.0 Å². The second-order valence-electron chi connectivity index (χ2n) is 5.25. The maximum atomic E-state index is 11.8. The highest BCUT2D eigenvalue weighted by Gasteiger charge is 2.27. The summed E-state index contributed by atoms with van der Waals surface area (Å²) in [5, 5.41) is 3.04. The molecule has 102 valence electrons. The number of rotatable bonds is 6. The van der Waals surface area contributed by atoms with Crippen molar-refractivity contribution in [1.82, 2.24) is 10.0 Å². The SMILES string of the molecule is CCNCCS(=O)(=O)NC1CCC(C)C(C)C1. The van der Waals surface area contributed by atoms with Gasteiger partial charge < -0.3 is 5.32 Å². The van der Waals surface area contributed by atoms with Crippen molar-refractivity contribution < 1.29 is 8.42 Å². The van der Waals surface area contributed by atoms with Crippen LogP contribution >= 0.6 is 0 Å². The van der Waals surface area contributed by atoms with Gasteiger partial charge >= 0.3 is 0 Å². The van der Waals surface area contributed by atoms with Crippen LogP contribution in [0.3, 0.4) is 0 Å². The van der Waals surface area contributed by atoms with E-state index in [0.717, 1.165) is 31.7 Å². The van der Waals surface area contributed by atoms with Crippen molar-refractivity contribution in [1.29, 1.82) is 0 Å². The third-order valence-electron chi connectivity index (χ3n) is 3.74. The molecule has 5 heteroatoms. The Hall–Kier alpha value is -0.130. The van der Waals surface area contributed by atoms with Crippen LogP contribution < -0.4 is 10.0 Å². The van der Waals surface area contributed by atoms with Gasteiger partial charge in [-0.3, -0.25) is 0 Å². The topological polar surface area (TPSA) is 58.2 Å². The monoisotopic (exact) mass is 262 g/mol. The van der Waals surface area contributed by atoms with E-state index in [1.807, 2.05) is 6.92 Å². The van der Waals surface area contributed by atoms with Crippen LogP contribution in [0.4, 0.5) is 0 Å². The summed E-state index contributed by atoms with van der Waals surface area (Å²) in [5.41, 5.74) is 0. The third kappa shape index (κ3) is 5.36. The lowest BCUT2D eigenvalue weighted by molar-refractivity contribution is 0.242. The summed E-state index contributed by atoms with van der Waals surface area (Å²) < 4.78 is 26.5. The number of hydrogen-bond donors (Lipinski definition) is 2. The highest BCUT2D eigenvalue weighted by molar-refractivity contribution is 7.89. The highest BCUT2D eigenvalue weighted by atomic mass is 32.2. The zero-order chi connectivity index (χ0) is 12.9. The van der Waals surface area contributed by atoms with Crippen LogP contribution in [-0.4, -0.2) is 33.3 Å². The maximum Gasteiger partial charge on any atom is 0.213 e. The summed E-state index contributed by atoms with van der Waals surface area (Å²) in [6.07, 6.45) is 3.08. The van der Waals surface area contributed by atoms with Gasteiger partial charge in [0.05, 0.1) is 5.75 Å². The first-order valence-electron chi connectivity index (χ1n) is 6.65. The molecule has 0 aromatic heterocycles. The highest BCUT2D eigenvalue weighted by Crippen LogP contribution is 2.29. The van der Waals surface area contributed by atoms with Crippen LogP contribution in [0, 0.1) is 11.8 Å². The Morgan fingerprint density at radius 3 is 2.47 bits per heavy atom. The lowest BCUT2D eigenvalue weighted by atomic mass is 9.79. The van der Waals surface area contributed by atoms with E-state index in [-0.39, 0.29) is 11.8 Å². The summed E-state index contributed by atoms with van der Waals surface area (Å²) in [5.74, 6) is 1.52. The summed E-state index contributed by atoms with van der Waals surface area (Å²) >= 11 is 0. The number of hydrogen-bond acceptors (Lipinski definition) is 3. The minimum atomic E-state index is -3.11. The van der Waals surface area contributed by atoms with Crippen LogP contribution in [0.1, 0.15) is 40.0 Å². The maximum absolute atomic E-state index is 11.8. The zero-order valence-electron chi connectivity index (χ0n) is 11.2. The van der Waals surface area contributed by atoms with Gasteiger partial charge in [0.25, 0.3) is 0 Å². The first-order valence-corrected chi connectivity index (χ1v) is 8.30. The molecule has 3 unspecified atom stereocenters. The molecule has 0 bridgehead atoms. The molecular weight excluding hydrogens is 236 g/mol. The van der Waals surface area contributed by atoms with Crippen molar-refractivity contribution >= 4 is 10.0 Å². The molecule has 3 atom stereocenters. The molecule has 0 aliphatic heterocycles. The Morgan fingerprint density at radius 1 is 1.18 bits per heavy atom. The summed E-state index contributed by atoms with van der Waals surface area (Å²) in [4.78, 5) is 0. The van der Waals surface area contributed by atoms with Gasteiger partial charge in [-0.15, -0.1) is 0 Å². The zero-order valence-corrected chi connectivity index (χ0v) is 12.0. The summed E-state index contributed by atoms with van der Waals surface area (Å²) in [6.45, 7) is 7.78. The van der Waals surface area contributed by atoms with E-state index in [1.54, 1.807) is 0 Å². The second-order valence-corrected chi connectivity index (χ2v) is 7.13. The normalized spacial score (nSPS) is 30.4. The average Bonchev–Trinajstić information content (AvgIpc) is 2.23. The molecule has 1 fully saturated rings. The molecule has 1 aliphatic rings. The van der Waals surface area contributed by atoms with E-state index in [9.17, 15) is 8.42 Å². The van der Waals surface area contributed by atoms with E-state index in [1.165, 1.54) is 0 Å². The van der Waals surface area contributed by atoms with Gasteiger partial charge in [-0.05, 0) is 37.6 Å². The smallest absolute Gasteiger partial charge is 0.213 e. The molecule has 0 aromatic rings. The fourth-order valence-corrected chi connectivity index (χ4v) is 3.60. The molecule has 0 aromatic carbocycles. The van der Waals surface area contributed by atoms with Gasteiger partial charge in [-0.1, -0.05) is 20.8 Å². The molecule has 0 radical (unpaired) electrons. The molecule has 17 heavy (non-hydrogen) atoms. The van der Waals surface area contributed by atoms with E-state index in [0.29, 0.717) is 12.5 Å².